The summed E-state index contributed by atoms with van der Waals surface area (Å²) in [6.07, 6.45) is -4.71. The molecular weight excluding hydrogens is 326 g/mol. The summed E-state index contributed by atoms with van der Waals surface area (Å²) in [5, 5.41) is 29.9. The molecule has 1 rings (SSSR count). The van der Waals surface area contributed by atoms with Crippen LogP contribution >= 0.6 is 0 Å². The molecule has 1 amide bonds. The Bertz CT molecular complexity index is 379. The van der Waals surface area contributed by atoms with E-state index in [9.17, 15) is 15.0 Å². The van der Waals surface area contributed by atoms with E-state index in [0.29, 0.717) is 0 Å². The number of aliphatic hydroxyl groups is 3. The zero-order valence-corrected chi connectivity index (χ0v) is 13.9. The molecule has 0 aromatic rings. The van der Waals surface area contributed by atoms with Crippen LogP contribution in [0.2, 0.25) is 0 Å². The Labute approximate surface area is 140 Å². The molecule has 5 N–H and O–H groups in total. The van der Waals surface area contributed by atoms with Gasteiger partial charge in [-0.15, -0.1) is 0 Å². The predicted molar refractivity (Wildman–Crippen MR) is 80.1 cm³/mol. The maximum Gasteiger partial charge on any atom is 0.404 e. The van der Waals surface area contributed by atoms with Crippen LogP contribution in [0.1, 0.15) is 13.3 Å². The Balaban J connectivity index is 2.73. The van der Waals surface area contributed by atoms with Crippen molar-refractivity contribution in [1.82, 2.24) is 0 Å². The lowest BCUT2D eigenvalue weighted by Crippen LogP contribution is -2.58. The number of hydrogen-bond acceptors (Lipinski definition) is 9. The molecule has 0 saturated carbocycles. The van der Waals surface area contributed by atoms with Crippen LogP contribution < -0.4 is 5.73 Å². The number of methoxy groups -OCH3 is 1. The second kappa shape index (κ2) is 10.1. The van der Waals surface area contributed by atoms with Gasteiger partial charge in [-0.1, -0.05) is 0 Å². The molecule has 5 atom stereocenters. The van der Waals surface area contributed by atoms with E-state index in [1.54, 1.807) is 0 Å². The fraction of sp³-hybridized carbons (Fsp3) is 0.929. The van der Waals surface area contributed by atoms with Crippen molar-refractivity contribution in [2.24, 2.45) is 5.73 Å². The van der Waals surface area contributed by atoms with Crippen LogP contribution in [-0.4, -0.2) is 91.8 Å². The van der Waals surface area contributed by atoms with Crippen LogP contribution in [0.4, 0.5) is 4.79 Å². The summed E-state index contributed by atoms with van der Waals surface area (Å²) in [4.78, 5) is 10.5. The smallest absolute Gasteiger partial charge is 0.404 e. The molecule has 142 valence electrons. The van der Waals surface area contributed by atoms with Crippen LogP contribution in [0.3, 0.4) is 0 Å². The second-order valence-electron chi connectivity index (χ2n) is 5.66. The SMILES string of the molecule is CO[C@H]1OCC(OCCOC(N)=O)C[C@](C)(O)C(OCCO)C1O. The van der Waals surface area contributed by atoms with Crippen molar-refractivity contribution in [3.8, 4) is 0 Å². The van der Waals surface area contributed by atoms with Gasteiger partial charge in [0, 0.05) is 13.5 Å². The lowest BCUT2D eigenvalue weighted by atomic mass is 9.87. The quantitative estimate of drug-likeness (QED) is 0.376. The maximum absolute atomic E-state index is 10.7. The topological polar surface area (TPSA) is 150 Å². The normalized spacial score (nSPS) is 34.4. The number of hydrogen-bond donors (Lipinski definition) is 4. The van der Waals surface area contributed by atoms with Gasteiger partial charge in [-0.3, -0.25) is 0 Å². The van der Waals surface area contributed by atoms with Gasteiger partial charge in [-0.05, 0) is 6.92 Å². The number of amides is 1. The molecule has 0 aromatic carbocycles. The van der Waals surface area contributed by atoms with E-state index < -0.39 is 36.3 Å². The summed E-state index contributed by atoms with van der Waals surface area (Å²) in [5.74, 6) is 0. The van der Waals surface area contributed by atoms with Crippen molar-refractivity contribution < 1.29 is 43.8 Å². The summed E-state index contributed by atoms with van der Waals surface area (Å²) in [5.41, 5.74) is 3.39. The summed E-state index contributed by atoms with van der Waals surface area (Å²) in [6, 6.07) is 0. The first-order valence-electron chi connectivity index (χ1n) is 7.63. The van der Waals surface area contributed by atoms with E-state index in [1.807, 2.05) is 0 Å². The number of nitrogens with two attached hydrogens (primary N) is 1. The van der Waals surface area contributed by atoms with Crippen LogP contribution in [0, 0.1) is 0 Å². The molecule has 0 aliphatic carbocycles. The highest BCUT2D eigenvalue weighted by molar-refractivity contribution is 5.64. The van der Waals surface area contributed by atoms with Crippen LogP contribution in [-0.2, 0) is 23.7 Å². The lowest BCUT2D eigenvalue weighted by Gasteiger charge is -2.42. The minimum absolute atomic E-state index is 0.0330. The molecule has 10 nitrogen and oxygen atoms in total. The molecule has 0 spiro atoms. The number of rotatable bonds is 8. The molecule has 0 radical (unpaired) electrons. The number of aliphatic hydroxyl groups excluding tert-OH is 2. The second-order valence-corrected chi connectivity index (χ2v) is 5.66. The Morgan fingerprint density at radius 2 is 2.04 bits per heavy atom. The lowest BCUT2D eigenvalue weighted by molar-refractivity contribution is -0.267. The molecule has 0 bridgehead atoms. The Morgan fingerprint density at radius 3 is 2.62 bits per heavy atom. The number of carbonyl (C=O) groups excluding carboxylic acids is 1. The van der Waals surface area contributed by atoms with E-state index in [-0.39, 0.29) is 39.5 Å². The van der Waals surface area contributed by atoms with Gasteiger partial charge in [0.15, 0.2) is 6.29 Å². The zero-order valence-electron chi connectivity index (χ0n) is 13.9. The van der Waals surface area contributed by atoms with Gasteiger partial charge in [0.25, 0.3) is 0 Å². The molecule has 1 aliphatic rings. The molecular formula is C14H27NO9. The Kier molecular flexibility index (Phi) is 8.84. The van der Waals surface area contributed by atoms with Crippen molar-refractivity contribution in [1.29, 1.82) is 0 Å². The van der Waals surface area contributed by atoms with E-state index in [4.69, 9.17) is 29.8 Å². The zero-order chi connectivity index (χ0) is 18.2. The molecule has 0 aromatic heterocycles. The summed E-state index contributed by atoms with van der Waals surface area (Å²) < 4.78 is 26.0. The molecule has 24 heavy (non-hydrogen) atoms. The first-order chi connectivity index (χ1) is 11.3. The molecule has 10 heteroatoms. The summed E-state index contributed by atoms with van der Waals surface area (Å²) in [7, 11) is 1.35. The van der Waals surface area contributed by atoms with Crippen LogP contribution in [0.5, 0.6) is 0 Å². The highest BCUT2D eigenvalue weighted by Crippen LogP contribution is 2.29. The predicted octanol–water partition coefficient (Wildman–Crippen LogP) is -1.65. The minimum Gasteiger partial charge on any atom is -0.447 e. The average molecular weight is 353 g/mol. The molecule has 1 aliphatic heterocycles. The third-order valence-corrected chi connectivity index (χ3v) is 3.59. The van der Waals surface area contributed by atoms with E-state index >= 15 is 0 Å². The van der Waals surface area contributed by atoms with E-state index in [0.717, 1.165) is 0 Å². The van der Waals surface area contributed by atoms with Gasteiger partial charge in [0.2, 0.25) is 0 Å². The van der Waals surface area contributed by atoms with Crippen LogP contribution in [0.15, 0.2) is 0 Å². The van der Waals surface area contributed by atoms with Gasteiger partial charge in [-0.25, -0.2) is 4.79 Å². The van der Waals surface area contributed by atoms with E-state index in [1.165, 1.54) is 14.0 Å². The summed E-state index contributed by atoms with van der Waals surface area (Å²) >= 11 is 0. The maximum atomic E-state index is 10.7. The summed E-state index contributed by atoms with van der Waals surface area (Å²) in [6.45, 7) is 1.25. The highest BCUT2D eigenvalue weighted by atomic mass is 16.7. The van der Waals surface area contributed by atoms with Gasteiger partial charge in [0.1, 0.15) is 18.8 Å². The van der Waals surface area contributed by atoms with Crippen molar-refractivity contribution in [3.05, 3.63) is 0 Å². The first kappa shape index (κ1) is 21.0. The van der Waals surface area contributed by atoms with Crippen molar-refractivity contribution in [3.63, 3.8) is 0 Å². The standard InChI is InChI=1S/C14H27NO9/c1-14(19)7-9(21-5-6-23-13(15)18)8-24-12(20-2)10(17)11(14)22-4-3-16/h9-12,16-17,19H,3-8H2,1-2H3,(H2,15,18)/t9?,10?,11?,12-,14-/m0/s1. The van der Waals surface area contributed by atoms with Gasteiger partial charge < -0.3 is 44.7 Å². The number of primary amides is 1. The third kappa shape index (κ3) is 6.48. The number of carbonyl (C=O) groups is 1. The Morgan fingerprint density at radius 1 is 1.33 bits per heavy atom. The molecule has 1 saturated heterocycles. The van der Waals surface area contributed by atoms with Gasteiger partial charge in [0.05, 0.1) is 38.1 Å². The molecule has 1 fully saturated rings. The molecule has 3 unspecified atom stereocenters. The van der Waals surface area contributed by atoms with Gasteiger partial charge in [-0.2, -0.15) is 0 Å². The largest absolute Gasteiger partial charge is 0.447 e. The van der Waals surface area contributed by atoms with Crippen LogP contribution in [0.25, 0.3) is 0 Å². The third-order valence-electron chi connectivity index (χ3n) is 3.59. The Hall–Kier alpha value is -1.01. The fourth-order valence-electron chi connectivity index (χ4n) is 2.58. The van der Waals surface area contributed by atoms with E-state index in [2.05, 4.69) is 4.74 Å². The number of ether oxygens (including phenoxy) is 5. The fourth-order valence-corrected chi connectivity index (χ4v) is 2.58. The van der Waals surface area contributed by atoms with Crippen molar-refractivity contribution in [2.75, 3.05) is 40.1 Å². The van der Waals surface area contributed by atoms with Gasteiger partial charge >= 0.3 is 6.09 Å². The average Bonchev–Trinajstić information content (AvgIpc) is 2.50. The van der Waals surface area contributed by atoms with Crippen molar-refractivity contribution >= 4 is 6.09 Å². The molecule has 1 heterocycles. The van der Waals surface area contributed by atoms with Crippen molar-refractivity contribution in [2.45, 2.75) is 43.5 Å². The highest BCUT2D eigenvalue weighted by Gasteiger charge is 2.45. The first-order valence-corrected chi connectivity index (χ1v) is 7.63. The minimum atomic E-state index is -1.47. The monoisotopic (exact) mass is 353 g/mol.